The van der Waals surface area contributed by atoms with Crippen LogP contribution in [0.4, 0.5) is 10.5 Å². The molecule has 1 fully saturated rings. The zero-order valence-electron chi connectivity index (χ0n) is 18.4. The molecular weight excluding hydrogens is 380 g/mol. The molecule has 7 heteroatoms. The van der Waals surface area contributed by atoms with Crippen LogP contribution >= 0.6 is 0 Å². The maximum Gasteiger partial charge on any atom is 0.337 e. The minimum absolute atomic E-state index is 0.271. The molecule has 2 N–H and O–H groups in total. The lowest BCUT2D eigenvalue weighted by Gasteiger charge is -2.32. The number of hydrogen-bond donors (Lipinski definition) is 2. The summed E-state index contributed by atoms with van der Waals surface area (Å²) in [7, 11) is 2.01. The monoisotopic (exact) mass is 414 g/mol. The summed E-state index contributed by atoms with van der Waals surface area (Å²) in [6.07, 6.45) is 4.40. The molecule has 30 heavy (non-hydrogen) atoms. The molecule has 1 aromatic carbocycles. The molecule has 1 unspecified atom stereocenters. The first-order valence-corrected chi connectivity index (χ1v) is 11.0. The lowest BCUT2D eigenvalue weighted by Crippen LogP contribution is -2.51. The SMILES string of the molecule is CCOC(=O)C1=C(CN(C)Cc2ccccc2N2CCCCC2)NC(=O)NC1CC. The minimum Gasteiger partial charge on any atom is -0.463 e. The summed E-state index contributed by atoms with van der Waals surface area (Å²) >= 11 is 0. The van der Waals surface area contributed by atoms with Gasteiger partial charge in [0.25, 0.3) is 0 Å². The summed E-state index contributed by atoms with van der Waals surface area (Å²) in [5.41, 5.74) is 3.69. The van der Waals surface area contributed by atoms with Gasteiger partial charge in [0, 0.05) is 37.6 Å². The fourth-order valence-electron chi connectivity index (χ4n) is 4.29. The van der Waals surface area contributed by atoms with Crippen molar-refractivity contribution in [3.05, 3.63) is 41.1 Å². The average Bonchev–Trinajstić information content (AvgIpc) is 2.74. The Morgan fingerprint density at radius 2 is 1.90 bits per heavy atom. The van der Waals surface area contributed by atoms with Crippen LogP contribution in [0.25, 0.3) is 0 Å². The molecule has 0 aliphatic carbocycles. The predicted octanol–water partition coefficient (Wildman–Crippen LogP) is 3.02. The number of hydrogen-bond acceptors (Lipinski definition) is 5. The molecule has 2 aliphatic rings. The quantitative estimate of drug-likeness (QED) is 0.640. The highest BCUT2D eigenvalue weighted by atomic mass is 16.5. The Morgan fingerprint density at radius 1 is 1.17 bits per heavy atom. The normalized spacial score (nSPS) is 19.5. The molecule has 0 spiro atoms. The van der Waals surface area contributed by atoms with Crippen LogP contribution in [-0.4, -0.2) is 56.2 Å². The zero-order valence-corrected chi connectivity index (χ0v) is 18.4. The Labute approximate surface area is 179 Å². The zero-order chi connectivity index (χ0) is 21.5. The Kier molecular flexibility index (Phi) is 7.74. The molecule has 1 saturated heterocycles. The number of esters is 1. The lowest BCUT2D eigenvalue weighted by atomic mass is 10.00. The predicted molar refractivity (Wildman–Crippen MR) is 118 cm³/mol. The smallest absolute Gasteiger partial charge is 0.337 e. The molecule has 1 aromatic rings. The van der Waals surface area contributed by atoms with Crippen molar-refractivity contribution < 1.29 is 14.3 Å². The first-order valence-electron chi connectivity index (χ1n) is 11.0. The molecule has 164 valence electrons. The highest BCUT2D eigenvalue weighted by molar-refractivity contribution is 5.94. The Hall–Kier alpha value is -2.54. The molecule has 0 bridgehead atoms. The van der Waals surface area contributed by atoms with E-state index in [0.717, 1.165) is 19.6 Å². The van der Waals surface area contributed by atoms with Crippen LogP contribution in [0.1, 0.15) is 45.1 Å². The van der Waals surface area contributed by atoms with Crippen molar-refractivity contribution in [2.24, 2.45) is 0 Å². The van der Waals surface area contributed by atoms with Crippen molar-refractivity contribution in [3.8, 4) is 0 Å². The number of nitrogens with one attached hydrogen (secondary N) is 2. The lowest BCUT2D eigenvalue weighted by molar-refractivity contribution is -0.139. The maximum absolute atomic E-state index is 12.6. The Balaban J connectivity index is 1.79. The number of likely N-dealkylation sites (N-methyl/N-ethyl adjacent to an activating group) is 1. The van der Waals surface area contributed by atoms with Gasteiger partial charge < -0.3 is 20.3 Å². The molecule has 0 aromatic heterocycles. The van der Waals surface area contributed by atoms with E-state index in [0.29, 0.717) is 30.8 Å². The molecule has 2 amide bonds. The summed E-state index contributed by atoms with van der Waals surface area (Å²) in [5, 5.41) is 5.67. The number of nitrogens with zero attached hydrogens (tertiary/aromatic N) is 2. The van der Waals surface area contributed by atoms with E-state index in [2.05, 4.69) is 44.7 Å². The summed E-state index contributed by atoms with van der Waals surface area (Å²) in [6, 6.07) is 7.91. The number of carbonyl (C=O) groups excluding carboxylic acids is 2. The van der Waals surface area contributed by atoms with Gasteiger partial charge in [-0.25, -0.2) is 9.59 Å². The molecule has 1 atom stereocenters. The van der Waals surface area contributed by atoms with E-state index >= 15 is 0 Å². The first-order chi connectivity index (χ1) is 14.5. The van der Waals surface area contributed by atoms with Gasteiger partial charge in [0.15, 0.2) is 0 Å². The Morgan fingerprint density at radius 3 is 2.60 bits per heavy atom. The van der Waals surface area contributed by atoms with Crippen LogP contribution in [0.2, 0.25) is 0 Å². The van der Waals surface area contributed by atoms with Crippen molar-refractivity contribution in [1.82, 2.24) is 15.5 Å². The summed E-state index contributed by atoms with van der Waals surface area (Å²) in [5.74, 6) is -0.367. The molecular formula is C23H34N4O3. The second-order valence-corrected chi connectivity index (χ2v) is 8.02. The number of rotatable bonds is 8. The van der Waals surface area contributed by atoms with Crippen LogP contribution in [0.3, 0.4) is 0 Å². The number of carbonyl (C=O) groups is 2. The number of urea groups is 1. The topological polar surface area (TPSA) is 73.9 Å². The number of amides is 2. The van der Waals surface area contributed by atoms with Gasteiger partial charge >= 0.3 is 12.0 Å². The van der Waals surface area contributed by atoms with Crippen LogP contribution < -0.4 is 15.5 Å². The van der Waals surface area contributed by atoms with Gasteiger partial charge in [-0.1, -0.05) is 25.1 Å². The van der Waals surface area contributed by atoms with Gasteiger partial charge in [0.2, 0.25) is 0 Å². The van der Waals surface area contributed by atoms with Crippen molar-refractivity contribution in [2.45, 2.75) is 52.1 Å². The third-order valence-electron chi connectivity index (χ3n) is 5.70. The number of anilines is 1. The number of piperidine rings is 1. The molecule has 2 aliphatic heterocycles. The molecule has 7 nitrogen and oxygen atoms in total. The van der Waals surface area contributed by atoms with Gasteiger partial charge in [-0.2, -0.15) is 0 Å². The third kappa shape index (κ3) is 5.33. The minimum atomic E-state index is -0.367. The second kappa shape index (κ2) is 10.5. The van der Waals surface area contributed by atoms with E-state index in [1.165, 1.54) is 30.5 Å². The van der Waals surface area contributed by atoms with Crippen LogP contribution in [0, 0.1) is 0 Å². The molecule has 2 heterocycles. The number of benzene rings is 1. The van der Waals surface area contributed by atoms with Crippen LogP contribution in [-0.2, 0) is 16.1 Å². The third-order valence-corrected chi connectivity index (χ3v) is 5.70. The van der Waals surface area contributed by atoms with E-state index in [1.54, 1.807) is 6.92 Å². The molecule has 0 radical (unpaired) electrons. The van der Waals surface area contributed by atoms with E-state index in [-0.39, 0.29) is 18.0 Å². The van der Waals surface area contributed by atoms with Crippen molar-refractivity contribution in [1.29, 1.82) is 0 Å². The van der Waals surface area contributed by atoms with Crippen molar-refractivity contribution in [3.63, 3.8) is 0 Å². The highest BCUT2D eigenvalue weighted by Gasteiger charge is 2.31. The van der Waals surface area contributed by atoms with Gasteiger partial charge in [0.1, 0.15) is 0 Å². The number of ether oxygens (including phenoxy) is 1. The highest BCUT2D eigenvalue weighted by Crippen LogP contribution is 2.25. The fraction of sp³-hybridized carbons (Fsp3) is 0.565. The van der Waals surface area contributed by atoms with E-state index < -0.39 is 0 Å². The van der Waals surface area contributed by atoms with Crippen molar-refractivity contribution in [2.75, 3.05) is 38.2 Å². The maximum atomic E-state index is 12.6. The largest absolute Gasteiger partial charge is 0.463 e. The summed E-state index contributed by atoms with van der Waals surface area (Å²) < 4.78 is 5.26. The first kappa shape index (κ1) is 22.2. The summed E-state index contributed by atoms with van der Waals surface area (Å²) in [4.78, 5) is 29.3. The molecule has 3 rings (SSSR count). The van der Waals surface area contributed by atoms with Crippen LogP contribution in [0.5, 0.6) is 0 Å². The Bertz CT molecular complexity index is 786. The van der Waals surface area contributed by atoms with Gasteiger partial charge in [-0.3, -0.25) is 4.90 Å². The van der Waals surface area contributed by atoms with Crippen LogP contribution in [0.15, 0.2) is 35.5 Å². The summed E-state index contributed by atoms with van der Waals surface area (Å²) in [6.45, 7) is 7.43. The van der Waals surface area contributed by atoms with E-state index in [1.807, 2.05) is 14.0 Å². The van der Waals surface area contributed by atoms with E-state index in [9.17, 15) is 9.59 Å². The van der Waals surface area contributed by atoms with Gasteiger partial charge in [-0.15, -0.1) is 0 Å². The van der Waals surface area contributed by atoms with E-state index in [4.69, 9.17) is 4.74 Å². The van der Waals surface area contributed by atoms with Crippen molar-refractivity contribution >= 4 is 17.7 Å². The second-order valence-electron chi connectivity index (χ2n) is 8.02. The van der Waals surface area contributed by atoms with Gasteiger partial charge in [-0.05, 0) is 51.3 Å². The standard InChI is InChI=1S/C23H34N4O3/c1-4-18-21(22(28)30-5-2)19(25-23(29)24-18)16-26(3)15-17-11-7-8-12-20(17)27-13-9-6-10-14-27/h7-8,11-12,18H,4-6,9-10,13-16H2,1-3H3,(H2,24,25,29). The fourth-order valence-corrected chi connectivity index (χ4v) is 4.29. The number of para-hydroxylation sites is 1. The van der Waals surface area contributed by atoms with Gasteiger partial charge in [0.05, 0.1) is 18.2 Å². The molecule has 0 saturated carbocycles. The average molecular weight is 415 g/mol.